The summed E-state index contributed by atoms with van der Waals surface area (Å²) in [5, 5.41) is 0. The van der Waals surface area contributed by atoms with Gasteiger partial charge < -0.3 is 9.53 Å². The van der Waals surface area contributed by atoms with Gasteiger partial charge in [0.15, 0.2) is 0 Å². The fraction of sp³-hybridized carbons (Fsp3) is 0.368. The molecule has 0 aliphatic heterocycles. The predicted octanol–water partition coefficient (Wildman–Crippen LogP) is 3.92. The number of aromatic nitrogens is 1. The molecule has 1 unspecified atom stereocenters. The lowest BCUT2D eigenvalue weighted by Gasteiger charge is -2.34. The van der Waals surface area contributed by atoms with Gasteiger partial charge in [-0.3, -0.25) is 0 Å². The van der Waals surface area contributed by atoms with Gasteiger partial charge in [0.05, 0.1) is 0 Å². The fourth-order valence-electron chi connectivity index (χ4n) is 3.14. The van der Waals surface area contributed by atoms with Gasteiger partial charge in [-0.15, -0.1) is 0 Å². The SMILES string of the molecule is CC1(C)Cc2nc(OCc3ccccc3)ccc2C(C=O)C1. The van der Waals surface area contributed by atoms with Crippen molar-refractivity contribution in [3.63, 3.8) is 0 Å². The molecule has 22 heavy (non-hydrogen) atoms. The summed E-state index contributed by atoms with van der Waals surface area (Å²) in [7, 11) is 0. The average molecular weight is 295 g/mol. The maximum absolute atomic E-state index is 11.3. The summed E-state index contributed by atoms with van der Waals surface area (Å²) in [4.78, 5) is 16.0. The Bertz CT molecular complexity index is 664. The largest absolute Gasteiger partial charge is 0.473 e. The number of hydrogen-bond acceptors (Lipinski definition) is 3. The third-order valence-electron chi connectivity index (χ3n) is 4.20. The number of ether oxygens (including phenoxy) is 1. The monoisotopic (exact) mass is 295 g/mol. The second-order valence-corrected chi connectivity index (χ2v) is 6.75. The van der Waals surface area contributed by atoms with E-state index in [0.717, 1.165) is 35.9 Å². The van der Waals surface area contributed by atoms with Crippen molar-refractivity contribution in [2.45, 2.75) is 39.2 Å². The third-order valence-corrected chi connectivity index (χ3v) is 4.20. The maximum Gasteiger partial charge on any atom is 0.213 e. The molecule has 0 radical (unpaired) electrons. The summed E-state index contributed by atoms with van der Waals surface area (Å²) in [6.45, 7) is 4.88. The second-order valence-electron chi connectivity index (χ2n) is 6.75. The van der Waals surface area contributed by atoms with Gasteiger partial charge in [0.25, 0.3) is 0 Å². The molecule has 1 aliphatic rings. The van der Waals surface area contributed by atoms with Crippen molar-refractivity contribution in [3.05, 3.63) is 59.3 Å². The van der Waals surface area contributed by atoms with Gasteiger partial charge in [-0.2, -0.15) is 0 Å². The van der Waals surface area contributed by atoms with Gasteiger partial charge in [0, 0.05) is 17.7 Å². The van der Waals surface area contributed by atoms with E-state index >= 15 is 0 Å². The summed E-state index contributed by atoms with van der Waals surface area (Å²) in [6, 6.07) is 13.9. The highest BCUT2D eigenvalue weighted by Gasteiger charge is 2.33. The number of carbonyl (C=O) groups is 1. The van der Waals surface area contributed by atoms with Crippen molar-refractivity contribution < 1.29 is 9.53 Å². The van der Waals surface area contributed by atoms with Crippen molar-refractivity contribution in [3.8, 4) is 5.88 Å². The highest BCUT2D eigenvalue weighted by Crippen LogP contribution is 2.40. The Morgan fingerprint density at radius 1 is 1.23 bits per heavy atom. The molecule has 3 rings (SSSR count). The van der Waals surface area contributed by atoms with Crippen molar-refractivity contribution in [1.29, 1.82) is 0 Å². The van der Waals surface area contributed by atoms with Crippen LogP contribution in [0.15, 0.2) is 42.5 Å². The Morgan fingerprint density at radius 2 is 2.00 bits per heavy atom. The maximum atomic E-state index is 11.3. The minimum Gasteiger partial charge on any atom is -0.473 e. The van der Waals surface area contributed by atoms with E-state index in [0.29, 0.717) is 12.5 Å². The highest BCUT2D eigenvalue weighted by atomic mass is 16.5. The van der Waals surface area contributed by atoms with Crippen LogP contribution in [0.5, 0.6) is 5.88 Å². The molecule has 1 aromatic carbocycles. The van der Waals surface area contributed by atoms with Crippen LogP contribution in [0.1, 0.15) is 43.0 Å². The van der Waals surface area contributed by atoms with Crippen LogP contribution >= 0.6 is 0 Å². The molecule has 0 saturated carbocycles. The van der Waals surface area contributed by atoms with E-state index in [4.69, 9.17) is 4.74 Å². The van der Waals surface area contributed by atoms with Crippen LogP contribution in [0.3, 0.4) is 0 Å². The number of fused-ring (bicyclic) bond motifs is 1. The Balaban J connectivity index is 1.80. The number of carbonyl (C=O) groups excluding carboxylic acids is 1. The summed E-state index contributed by atoms with van der Waals surface area (Å²) in [5.41, 5.74) is 3.28. The van der Waals surface area contributed by atoms with Crippen LogP contribution in [-0.4, -0.2) is 11.3 Å². The predicted molar refractivity (Wildman–Crippen MR) is 85.9 cm³/mol. The van der Waals surface area contributed by atoms with E-state index in [2.05, 4.69) is 18.8 Å². The van der Waals surface area contributed by atoms with E-state index in [1.54, 1.807) is 0 Å². The normalized spacial score (nSPS) is 19.3. The molecule has 114 valence electrons. The molecule has 1 aliphatic carbocycles. The van der Waals surface area contributed by atoms with Gasteiger partial charge in [-0.1, -0.05) is 50.2 Å². The van der Waals surface area contributed by atoms with E-state index < -0.39 is 0 Å². The fourth-order valence-corrected chi connectivity index (χ4v) is 3.14. The summed E-state index contributed by atoms with van der Waals surface area (Å²) in [5.74, 6) is 0.583. The zero-order valence-electron chi connectivity index (χ0n) is 13.1. The smallest absolute Gasteiger partial charge is 0.213 e. The van der Waals surface area contributed by atoms with Gasteiger partial charge in [0.2, 0.25) is 5.88 Å². The molecule has 0 amide bonds. The Labute approximate surface area is 131 Å². The molecule has 1 heterocycles. The van der Waals surface area contributed by atoms with Crippen LogP contribution in [0.4, 0.5) is 0 Å². The van der Waals surface area contributed by atoms with Gasteiger partial charge in [0.1, 0.15) is 12.9 Å². The molecule has 0 fully saturated rings. The number of nitrogens with zero attached hydrogens (tertiary/aromatic N) is 1. The van der Waals surface area contributed by atoms with Gasteiger partial charge >= 0.3 is 0 Å². The number of benzene rings is 1. The summed E-state index contributed by atoms with van der Waals surface area (Å²) in [6.07, 6.45) is 2.82. The zero-order valence-corrected chi connectivity index (χ0v) is 13.1. The Kier molecular flexibility index (Phi) is 3.97. The summed E-state index contributed by atoms with van der Waals surface area (Å²) >= 11 is 0. The van der Waals surface area contributed by atoms with Crippen molar-refractivity contribution in [2.75, 3.05) is 0 Å². The quantitative estimate of drug-likeness (QED) is 0.803. The van der Waals surface area contributed by atoms with E-state index in [1.165, 1.54) is 0 Å². The minimum atomic E-state index is -0.0468. The molecule has 0 bridgehead atoms. The van der Waals surface area contributed by atoms with Gasteiger partial charge in [-0.05, 0) is 29.4 Å². The van der Waals surface area contributed by atoms with E-state index in [1.807, 2.05) is 42.5 Å². The number of rotatable bonds is 4. The Hall–Kier alpha value is -2.16. The Morgan fingerprint density at radius 3 is 2.73 bits per heavy atom. The standard InChI is InChI=1S/C19H21NO2/c1-19(2)10-15(12-21)16-8-9-18(20-17(16)11-19)22-13-14-6-4-3-5-7-14/h3-9,12,15H,10-11,13H2,1-2H3. The summed E-state index contributed by atoms with van der Waals surface area (Å²) < 4.78 is 5.80. The topological polar surface area (TPSA) is 39.2 Å². The molecule has 0 N–H and O–H groups in total. The van der Waals surface area contributed by atoms with E-state index in [9.17, 15) is 4.79 Å². The van der Waals surface area contributed by atoms with E-state index in [-0.39, 0.29) is 11.3 Å². The van der Waals surface area contributed by atoms with Crippen LogP contribution in [0, 0.1) is 5.41 Å². The molecule has 1 aromatic heterocycles. The van der Waals surface area contributed by atoms with Gasteiger partial charge in [-0.25, -0.2) is 4.98 Å². The molecular formula is C19H21NO2. The minimum absolute atomic E-state index is 0.0468. The molecule has 2 aromatic rings. The average Bonchev–Trinajstić information content (AvgIpc) is 2.52. The van der Waals surface area contributed by atoms with Crippen LogP contribution in [-0.2, 0) is 17.8 Å². The first-order valence-corrected chi connectivity index (χ1v) is 7.69. The first-order chi connectivity index (χ1) is 10.6. The van der Waals surface area contributed by atoms with Crippen LogP contribution in [0.25, 0.3) is 0 Å². The number of hydrogen-bond donors (Lipinski definition) is 0. The zero-order chi connectivity index (χ0) is 15.6. The lowest BCUT2D eigenvalue weighted by atomic mass is 9.71. The molecule has 0 saturated heterocycles. The number of pyridine rings is 1. The van der Waals surface area contributed by atoms with Crippen molar-refractivity contribution in [1.82, 2.24) is 4.98 Å². The molecular weight excluding hydrogens is 274 g/mol. The van der Waals surface area contributed by atoms with Crippen molar-refractivity contribution in [2.24, 2.45) is 5.41 Å². The van der Waals surface area contributed by atoms with Crippen molar-refractivity contribution >= 4 is 6.29 Å². The number of aldehydes is 1. The molecule has 0 spiro atoms. The lowest BCUT2D eigenvalue weighted by molar-refractivity contribution is -0.109. The third kappa shape index (κ3) is 3.19. The first-order valence-electron chi connectivity index (χ1n) is 7.69. The van der Waals surface area contributed by atoms with Crippen LogP contribution < -0.4 is 4.74 Å². The second kappa shape index (κ2) is 5.91. The lowest BCUT2D eigenvalue weighted by Crippen LogP contribution is -2.27. The molecule has 3 heteroatoms. The highest BCUT2D eigenvalue weighted by molar-refractivity contribution is 5.64. The van der Waals surface area contributed by atoms with Crippen LogP contribution in [0.2, 0.25) is 0 Å². The molecule has 1 atom stereocenters. The molecule has 3 nitrogen and oxygen atoms in total. The first kappa shape index (κ1) is 14.8.